The third kappa shape index (κ3) is 5.43. The van der Waals surface area contributed by atoms with Gasteiger partial charge >= 0.3 is 6.09 Å². The molecule has 0 aliphatic carbocycles. The molecule has 2 rings (SSSR count). The number of piperazine rings is 1. The van der Waals surface area contributed by atoms with Gasteiger partial charge in [-0.15, -0.1) is 0 Å². The Bertz CT molecular complexity index is 529. The van der Waals surface area contributed by atoms with Gasteiger partial charge in [0.2, 0.25) is 0 Å². The summed E-state index contributed by atoms with van der Waals surface area (Å²) in [5, 5.41) is 0. The van der Waals surface area contributed by atoms with Crippen LogP contribution < -0.4 is 4.90 Å². The molecule has 0 bridgehead atoms. The summed E-state index contributed by atoms with van der Waals surface area (Å²) in [5.74, 6) is 0. The van der Waals surface area contributed by atoms with E-state index in [1.807, 2.05) is 20.8 Å². The number of benzene rings is 1. The predicted octanol–water partition coefficient (Wildman–Crippen LogP) is 2.81. The van der Waals surface area contributed by atoms with Gasteiger partial charge in [0.1, 0.15) is 5.60 Å². The Kier molecular flexibility index (Phi) is 5.52. The van der Waals surface area contributed by atoms with Crippen LogP contribution in [0, 0.1) is 0 Å². The van der Waals surface area contributed by atoms with Crippen LogP contribution >= 0.6 is 0 Å². The molecule has 1 amide bonds. The number of ether oxygens (including phenoxy) is 1. The van der Waals surface area contributed by atoms with E-state index in [1.54, 1.807) is 4.90 Å². The SMILES string of the molecule is CN(C)Cc1cccc(N2CCN(C(=O)OC(C)(C)C)CC2)c1. The van der Waals surface area contributed by atoms with Crippen molar-refractivity contribution in [3.8, 4) is 0 Å². The third-order valence-corrected chi connectivity index (χ3v) is 3.71. The molecule has 5 heteroatoms. The number of anilines is 1. The fourth-order valence-corrected chi connectivity index (χ4v) is 2.69. The predicted molar refractivity (Wildman–Crippen MR) is 93.9 cm³/mol. The van der Waals surface area contributed by atoms with Crippen molar-refractivity contribution in [3.05, 3.63) is 29.8 Å². The summed E-state index contributed by atoms with van der Waals surface area (Å²) in [6.45, 7) is 9.72. The number of carbonyl (C=O) groups is 1. The maximum absolute atomic E-state index is 12.1. The maximum atomic E-state index is 12.1. The van der Waals surface area contributed by atoms with Crippen LogP contribution in [0.25, 0.3) is 0 Å². The van der Waals surface area contributed by atoms with Gasteiger partial charge in [0.05, 0.1) is 0 Å². The van der Waals surface area contributed by atoms with Gasteiger partial charge in [-0.1, -0.05) is 12.1 Å². The van der Waals surface area contributed by atoms with Crippen molar-refractivity contribution in [2.24, 2.45) is 0 Å². The fourth-order valence-electron chi connectivity index (χ4n) is 2.69. The van der Waals surface area contributed by atoms with E-state index in [0.29, 0.717) is 13.1 Å². The van der Waals surface area contributed by atoms with E-state index in [9.17, 15) is 4.79 Å². The summed E-state index contributed by atoms with van der Waals surface area (Å²) < 4.78 is 5.44. The molecule has 0 radical (unpaired) electrons. The molecule has 128 valence electrons. The van der Waals surface area contributed by atoms with Gasteiger partial charge in [0, 0.05) is 38.4 Å². The van der Waals surface area contributed by atoms with E-state index in [2.05, 4.69) is 48.2 Å². The molecule has 0 spiro atoms. The van der Waals surface area contributed by atoms with Crippen molar-refractivity contribution in [1.82, 2.24) is 9.80 Å². The highest BCUT2D eigenvalue weighted by Crippen LogP contribution is 2.20. The lowest BCUT2D eigenvalue weighted by Gasteiger charge is -2.37. The van der Waals surface area contributed by atoms with Gasteiger partial charge in [0.25, 0.3) is 0 Å². The van der Waals surface area contributed by atoms with Crippen molar-refractivity contribution in [1.29, 1.82) is 0 Å². The Morgan fingerprint density at radius 2 is 1.83 bits per heavy atom. The normalized spacial score (nSPS) is 15.9. The minimum absolute atomic E-state index is 0.210. The molecule has 1 aliphatic heterocycles. The summed E-state index contributed by atoms with van der Waals surface area (Å²) in [6, 6.07) is 8.64. The van der Waals surface area contributed by atoms with Gasteiger partial charge in [0.15, 0.2) is 0 Å². The van der Waals surface area contributed by atoms with Crippen LogP contribution in [0.5, 0.6) is 0 Å². The second-order valence-electron chi connectivity index (χ2n) is 7.36. The zero-order chi connectivity index (χ0) is 17.0. The Morgan fingerprint density at radius 1 is 1.17 bits per heavy atom. The summed E-state index contributed by atoms with van der Waals surface area (Å²) in [5.41, 5.74) is 2.10. The largest absolute Gasteiger partial charge is 0.444 e. The highest BCUT2D eigenvalue weighted by atomic mass is 16.6. The van der Waals surface area contributed by atoms with Crippen LogP contribution in [0.15, 0.2) is 24.3 Å². The van der Waals surface area contributed by atoms with E-state index in [0.717, 1.165) is 19.6 Å². The first-order valence-corrected chi connectivity index (χ1v) is 8.21. The number of carbonyl (C=O) groups excluding carboxylic acids is 1. The lowest BCUT2D eigenvalue weighted by Crippen LogP contribution is -2.50. The molecular formula is C18H29N3O2. The number of amides is 1. The lowest BCUT2D eigenvalue weighted by atomic mass is 10.1. The Labute approximate surface area is 139 Å². The van der Waals surface area contributed by atoms with Crippen LogP contribution in [0.2, 0.25) is 0 Å². The molecule has 1 aromatic carbocycles. The van der Waals surface area contributed by atoms with Crippen LogP contribution in [-0.2, 0) is 11.3 Å². The van der Waals surface area contributed by atoms with Crippen LogP contribution in [0.3, 0.4) is 0 Å². The molecule has 0 unspecified atom stereocenters. The average Bonchev–Trinajstić information content (AvgIpc) is 2.45. The van der Waals surface area contributed by atoms with Crippen molar-refractivity contribution < 1.29 is 9.53 Å². The number of nitrogens with zero attached hydrogens (tertiary/aromatic N) is 3. The fraction of sp³-hybridized carbons (Fsp3) is 0.611. The summed E-state index contributed by atoms with van der Waals surface area (Å²) in [4.78, 5) is 18.4. The minimum atomic E-state index is -0.436. The number of rotatable bonds is 3. The number of hydrogen-bond acceptors (Lipinski definition) is 4. The van der Waals surface area contributed by atoms with Crippen molar-refractivity contribution in [2.75, 3.05) is 45.2 Å². The molecule has 23 heavy (non-hydrogen) atoms. The monoisotopic (exact) mass is 319 g/mol. The second kappa shape index (κ2) is 7.21. The molecule has 1 aliphatic rings. The van der Waals surface area contributed by atoms with E-state index in [-0.39, 0.29) is 6.09 Å². The van der Waals surface area contributed by atoms with Gasteiger partial charge in [-0.25, -0.2) is 4.79 Å². The molecular weight excluding hydrogens is 290 g/mol. The maximum Gasteiger partial charge on any atom is 0.410 e. The highest BCUT2D eigenvalue weighted by Gasteiger charge is 2.25. The van der Waals surface area contributed by atoms with Crippen LogP contribution in [0.4, 0.5) is 10.5 Å². The van der Waals surface area contributed by atoms with Gasteiger partial charge in [-0.05, 0) is 52.6 Å². The van der Waals surface area contributed by atoms with Crippen LogP contribution in [0.1, 0.15) is 26.3 Å². The quantitative estimate of drug-likeness (QED) is 0.858. The number of hydrogen-bond donors (Lipinski definition) is 0. The van der Waals surface area contributed by atoms with Crippen molar-refractivity contribution >= 4 is 11.8 Å². The highest BCUT2D eigenvalue weighted by molar-refractivity contribution is 5.68. The minimum Gasteiger partial charge on any atom is -0.444 e. The Hall–Kier alpha value is -1.75. The standard InChI is InChI=1S/C18H29N3O2/c1-18(2,3)23-17(22)21-11-9-20(10-12-21)16-8-6-7-15(13-16)14-19(4)5/h6-8,13H,9-12,14H2,1-5H3. The molecule has 0 aromatic heterocycles. The molecule has 1 saturated heterocycles. The Balaban J connectivity index is 1.93. The third-order valence-electron chi connectivity index (χ3n) is 3.71. The van der Waals surface area contributed by atoms with Gasteiger partial charge in [-0.2, -0.15) is 0 Å². The molecule has 5 nitrogen and oxygen atoms in total. The van der Waals surface area contributed by atoms with E-state index < -0.39 is 5.60 Å². The van der Waals surface area contributed by atoms with Crippen LogP contribution in [-0.4, -0.2) is 61.8 Å². The van der Waals surface area contributed by atoms with Gasteiger partial charge < -0.3 is 19.4 Å². The molecule has 0 N–H and O–H groups in total. The average molecular weight is 319 g/mol. The molecule has 1 aromatic rings. The molecule has 1 fully saturated rings. The first kappa shape index (κ1) is 17.6. The molecule has 0 atom stereocenters. The molecule has 0 saturated carbocycles. The zero-order valence-corrected chi connectivity index (χ0v) is 15.0. The van der Waals surface area contributed by atoms with E-state index >= 15 is 0 Å². The Morgan fingerprint density at radius 3 is 2.39 bits per heavy atom. The van der Waals surface area contributed by atoms with E-state index in [1.165, 1.54) is 11.3 Å². The smallest absolute Gasteiger partial charge is 0.410 e. The summed E-state index contributed by atoms with van der Waals surface area (Å²) >= 11 is 0. The second-order valence-corrected chi connectivity index (χ2v) is 7.36. The first-order chi connectivity index (χ1) is 10.7. The zero-order valence-electron chi connectivity index (χ0n) is 15.0. The van der Waals surface area contributed by atoms with Crippen molar-refractivity contribution in [3.63, 3.8) is 0 Å². The summed E-state index contributed by atoms with van der Waals surface area (Å²) in [6.07, 6.45) is -0.210. The van der Waals surface area contributed by atoms with Gasteiger partial charge in [-0.3, -0.25) is 0 Å². The summed E-state index contributed by atoms with van der Waals surface area (Å²) in [7, 11) is 4.15. The van der Waals surface area contributed by atoms with E-state index in [4.69, 9.17) is 4.74 Å². The molecule has 1 heterocycles. The first-order valence-electron chi connectivity index (χ1n) is 8.21. The topological polar surface area (TPSA) is 36.0 Å². The van der Waals surface area contributed by atoms with Crippen molar-refractivity contribution in [2.45, 2.75) is 32.9 Å². The lowest BCUT2D eigenvalue weighted by molar-refractivity contribution is 0.0240.